The summed E-state index contributed by atoms with van der Waals surface area (Å²) in [7, 11) is -3.77. The summed E-state index contributed by atoms with van der Waals surface area (Å²) < 4.78 is 30.2. The van der Waals surface area contributed by atoms with Crippen molar-refractivity contribution in [2.45, 2.75) is 19.3 Å². The quantitative estimate of drug-likeness (QED) is 0.634. The van der Waals surface area contributed by atoms with Gasteiger partial charge in [0, 0.05) is 19.2 Å². The summed E-state index contributed by atoms with van der Waals surface area (Å²) in [5.74, 6) is 0.00796. The van der Waals surface area contributed by atoms with Gasteiger partial charge in [0.1, 0.15) is 11.5 Å². The number of aromatic hydroxyl groups is 1. The minimum atomic E-state index is -3.77. The molecular weight excluding hydrogens is 256 g/mol. The van der Waals surface area contributed by atoms with Crippen LogP contribution in [0.4, 0.5) is 5.69 Å². The van der Waals surface area contributed by atoms with E-state index in [0.29, 0.717) is 13.1 Å². The van der Waals surface area contributed by atoms with Crippen molar-refractivity contribution in [2.75, 3.05) is 18.8 Å². The largest absolute Gasteiger partial charge is 0.506 e. The van der Waals surface area contributed by atoms with Gasteiger partial charge in [-0.15, -0.1) is 0 Å². The second-order valence-corrected chi connectivity index (χ2v) is 5.76. The van der Waals surface area contributed by atoms with E-state index in [9.17, 15) is 13.5 Å². The standard InChI is InChI=1S/C11H16N2O4S/c12-10-8-9(4-5-11(10)14)17-18(15,16)13-6-2-1-3-7-13/h4-5,8,14H,1-3,6-7,12H2. The highest BCUT2D eigenvalue weighted by Gasteiger charge is 2.25. The van der Waals surface area contributed by atoms with Gasteiger partial charge in [-0.2, -0.15) is 12.7 Å². The molecule has 1 saturated heterocycles. The number of nitrogens with zero attached hydrogens (tertiary/aromatic N) is 1. The molecule has 0 unspecified atom stereocenters. The van der Waals surface area contributed by atoms with Gasteiger partial charge < -0.3 is 15.0 Å². The van der Waals surface area contributed by atoms with Gasteiger partial charge in [-0.25, -0.2) is 0 Å². The average Bonchev–Trinajstić information content (AvgIpc) is 2.35. The molecule has 1 aromatic carbocycles. The van der Waals surface area contributed by atoms with E-state index in [2.05, 4.69) is 0 Å². The highest BCUT2D eigenvalue weighted by atomic mass is 32.2. The Morgan fingerprint density at radius 1 is 1.22 bits per heavy atom. The highest BCUT2D eigenvalue weighted by Crippen LogP contribution is 2.26. The number of phenols is 1. The Kier molecular flexibility index (Phi) is 3.63. The van der Waals surface area contributed by atoms with Gasteiger partial charge in [0.2, 0.25) is 0 Å². The summed E-state index contributed by atoms with van der Waals surface area (Å²) >= 11 is 0. The molecule has 0 bridgehead atoms. The first kappa shape index (κ1) is 13.0. The van der Waals surface area contributed by atoms with Crippen molar-refractivity contribution in [2.24, 2.45) is 0 Å². The molecule has 0 saturated carbocycles. The molecule has 18 heavy (non-hydrogen) atoms. The van der Waals surface area contributed by atoms with Crippen LogP contribution in [0.25, 0.3) is 0 Å². The third-order valence-corrected chi connectivity index (χ3v) is 4.23. The van der Waals surface area contributed by atoms with Crippen molar-refractivity contribution in [3.05, 3.63) is 18.2 Å². The van der Waals surface area contributed by atoms with Crippen LogP contribution in [0.15, 0.2) is 18.2 Å². The molecule has 0 aliphatic carbocycles. The van der Waals surface area contributed by atoms with E-state index < -0.39 is 10.3 Å². The molecule has 0 radical (unpaired) electrons. The number of rotatable bonds is 3. The summed E-state index contributed by atoms with van der Waals surface area (Å²) in [5.41, 5.74) is 5.56. The van der Waals surface area contributed by atoms with Crippen molar-refractivity contribution in [1.29, 1.82) is 0 Å². The van der Waals surface area contributed by atoms with Crippen LogP contribution in [0.2, 0.25) is 0 Å². The lowest BCUT2D eigenvalue weighted by molar-refractivity contribution is 0.312. The van der Waals surface area contributed by atoms with Crippen molar-refractivity contribution < 1.29 is 17.7 Å². The highest BCUT2D eigenvalue weighted by molar-refractivity contribution is 7.84. The maximum absolute atomic E-state index is 12.0. The molecule has 1 aromatic rings. The van der Waals surface area contributed by atoms with Crippen LogP contribution in [-0.4, -0.2) is 30.9 Å². The smallest absolute Gasteiger partial charge is 0.385 e. The van der Waals surface area contributed by atoms with Crippen LogP contribution < -0.4 is 9.92 Å². The fourth-order valence-electron chi connectivity index (χ4n) is 1.85. The Morgan fingerprint density at radius 2 is 1.89 bits per heavy atom. The lowest BCUT2D eigenvalue weighted by Gasteiger charge is -2.25. The molecule has 2 rings (SSSR count). The summed E-state index contributed by atoms with van der Waals surface area (Å²) in [5, 5.41) is 9.25. The molecule has 0 spiro atoms. The monoisotopic (exact) mass is 272 g/mol. The average molecular weight is 272 g/mol. The van der Waals surface area contributed by atoms with E-state index in [4.69, 9.17) is 9.92 Å². The molecule has 1 aliphatic heterocycles. The lowest BCUT2D eigenvalue weighted by atomic mass is 10.2. The first-order valence-corrected chi connectivity index (χ1v) is 7.13. The molecule has 3 N–H and O–H groups in total. The van der Waals surface area contributed by atoms with Crippen LogP contribution in [0.1, 0.15) is 19.3 Å². The molecule has 0 atom stereocenters. The minimum Gasteiger partial charge on any atom is -0.506 e. The van der Waals surface area contributed by atoms with Crippen molar-refractivity contribution in [3.63, 3.8) is 0 Å². The number of hydrogen-bond donors (Lipinski definition) is 2. The molecule has 0 amide bonds. The van der Waals surface area contributed by atoms with Crippen LogP contribution in [0, 0.1) is 0 Å². The number of phenolic OH excluding ortho intramolecular Hbond substituents is 1. The second kappa shape index (κ2) is 5.03. The predicted molar refractivity (Wildman–Crippen MR) is 67.5 cm³/mol. The topological polar surface area (TPSA) is 92.9 Å². The van der Waals surface area contributed by atoms with E-state index in [1.807, 2.05) is 0 Å². The Hall–Kier alpha value is -1.47. The third-order valence-electron chi connectivity index (χ3n) is 2.83. The number of benzene rings is 1. The number of nitrogen functional groups attached to an aromatic ring is 1. The Balaban J connectivity index is 2.13. The SMILES string of the molecule is Nc1cc(OS(=O)(=O)N2CCCCC2)ccc1O. The maximum atomic E-state index is 12.0. The van der Waals surface area contributed by atoms with Gasteiger partial charge >= 0.3 is 10.3 Å². The Labute approximate surface area is 106 Å². The second-order valence-electron chi connectivity index (χ2n) is 4.22. The molecule has 0 aromatic heterocycles. The molecule has 100 valence electrons. The van der Waals surface area contributed by atoms with Crippen molar-refractivity contribution >= 4 is 16.0 Å². The van der Waals surface area contributed by atoms with Crippen molar-refractivity contribution in [1.82, 2.24) is 4.31 Å². The number of anilines is 1. The van der Waals surface area contributed by atoms with Gasteiger partial charge in [-0.05, 0) is 25.0 Å². The normalized spacial score (nSPS) is 17.6. The van der Waals surface area contributed by atoms with Crippen LogP contribution >= 0.6 is 0 Å². The first-order valence-electron chi connectivity index (χ1n) is 5.77. The van der Waals surface area contributed by atoms with E-state index in [1.54, 1.807) is 0 Å². The first-order chi connectivity index (χ1) is 8.49. The molecule has 7 heteroatoms. The number of piperidine rings is 1. The van der Waals surface area contributed by atoms with Gasteiger partial charge in [-0.1, -0.05) is 6.42 Å². The van der Waals surface area contributed by atoms with Crippen LogP contribution in [-0.2, 0) is 10.3 Å². The fraction of sp³-hybridized carbons (Fsp3) is 0.455. The van der Waals surface area contributed by atoms with E-state index in [1.165, 1.54) is 22.5 Å². The zero-order valence-corrected chi connectivity index (χ0v) is 10.7. The lowest BCUT2D eigenvalue weighted by Crippen LogP contribution is -2.38. The van der Waals surface area contributed by atoms with Gasteiger partial charge in [0.05, 0.1) is 5.69 Å². The fourth-order valence-corrected chi connectivity index (χ4v) is 3.00. The van der Waals surface area contributed by atoms with Gasteiger partial charge in [-0.3, -0.25) is 0 Å². The minimum absolute atomic E-state index is 0.0846. The predicted octanol–water partition coefficient (Wildman–Crippen LogP) is 1.08. The molecule has 6 nitrogen and oxygen atoms in total. The zero-order chi connectivity index (χ0) is 13.2. The third kappa shape index (κ3) is 2.85. The van der Waals surface area contributed by atoms with Gasteiger partial charge in [0.25, 0.3) is 0 Å². The van der Waals surface area contributed by atoms with Crippen LogP contribution in [0.3, 0.4) is 0 Å². The zero-order valence-electron chi connectivity index (χ0n) is 9.87. The van der Waals surface area contributed by atoms with Crippen LogP contribution in [0.5, 0.6) is 11.5 Å². The van der Waals surface area contributed by atoms with Crippen molar-refractivity contribution in [3.8, 4) is 11.5 Å². The van der Waals surface area contributed by atoms with E-state index in [0.717, 1.165) is 19.3 Å². The molecule has 1 fully saturated rings. The Bertz CT molecular complexity index is 524. The maximum Gasteiger partial charge on any atom is 0.385 e. The summed E-state index contributed by atoms with van der Waals surface area (Å²) in [6.45, 7) is 0.964. The van der Waals surface area contributed by atoms with E-state index >= 15 is 0 Å². The number of nitrogens with two attached hydrogens (primary N) is 1. The molecule has 1 heterocycles. The van der Waals surface area contributed by atoms with E-state index in [-0.39, 0.29) is 17.2 Å². The van der Waals surface area contributed by atoms with Gasteiger partial charge in [0.15, 0.2) is 0 Å². The number of hydrogen-bond acceptors (Lipinski definition) is 5. The Morgan fingerprint density at radius 3 is 2.50 bits per heavy atom. The summed E-state index contributed by atoms with van der Waals surface area (Å²) in [6, 6.07) is 3.96. The molecule has 1 aliphatic rings. The molecular formula is C11H16N2O4S. The summed E-state index contributed by atoms with van der Waals surface area (Å²) in [4.78, 5) is 0. The summed E-state index contributed by atoms with van der Waals surface area (Å²) in [6.07, 6.45) is 2.73.